The van der Waals surface area contributed by atoms with Crippen LogP contribution >= 0.6 is 24.0 Å². The van der Waals surface area contributed by atoms with E-state index >= 15 is 0 Å². The van der Waals surface area contributed by atoms with Crippen LogP contribution in [0, 0.1) is 5.82 Å². The molecule has 6 nitrogen and oxygen atoms in total. The van der Waals surface area contributed by atoms with Crippen LogP contribution in [0.3, 0.4) is 0 Å². The second kappa shape index (κ2) is 13.4. The molecular formula is C23H34FIN4O2. The summed E-state index contributed by atoms with van der Waals surface area (Å²) in [7, 11) is 3.61. The highest BCUT2D eigenvalue weighted by Crippen LogP contribution is 2.20. The number of aliphatic imine (C=N–C) groups is 1. The van der Waals surface area contributed by atoms with Crippen molar-refractivity contribution in [2.75, 3.05) is 32.1 Å². The highest BCUT2D eigenvalue weighted by Gasteiger charge is 2.11. The Hall–Kier alpha value is -2.07. The lowest BCUT2D eigenvalue weighted by atomic mass is 10.1. The zero-order valence-corrected chi connectivity index (χ0v) is 21.2. The standard InChI is InChI=1S/C23H33FN4O2.HI/c1-6-25-23(26-14-17-10-11-21(28(4)5)20(24)12-17)27-15-22(29)18-8-7-9-19(13-18)30-16(2)3;/h7-13,16,22,29H,6,14-15H2,1-5H3,(H2,25,26,27);1H. The lowest BCUT2D eigenvalue weighted by Gasteiger charge is -2.17. The Bertz CT molecular complexity index is 846. The number of aliphatic hydroxyl groups excluding tert-OH is 1. The lowest BCUT2D eigenvalue weighted by molar-refractivity contribution is 0.179. The summed E-state index contributed by atoms with van der Waals surface area (Å²) >= 11 is 0. The Kier molecular flexibility index (Phi) is 11.6. The number of nitrogens with one attached hydrogen (secondary N) is 2. The average Bonchev–Trinajstić information content (AvgIpc) is 2.69. The molecule has 0 aliphatic carbocycles. The van der Waals surface area contributed by atoms with Crippen LogP contribution in [0.2, 0.25) is 0 Å². The number of aliphatic hydroxyl groups is 1. The molecule has 0 aliphatic rings. The van der Waals surface area contributed by atoms with Gasteiger partial charge in [0.05, 0.1) is 24.4 Å². The topological polar surface area (TPSA) is 69.1 Å². The smallest absolute Gasteiger partial charge is 0.191 e. The summed E-state index contributed by atoms with van der Waals surface area (Å²) < 4.78 is 19.9. The first-order valence-electron chi connectivity index (χ1n) is 10.2. The summed E-state index contributed by atoms with van der Waals surface area (Å²) in [6, 6.07) is 12.5. The van der Waals surface area contributed by atoms with Gasteiger partial charge in [0.25, 0.3) is 0 Å². The Morgan fingerprint density at radius 1 is 1.16 bits per heavy atom. The quantitative estimate of drug-likeness (QED) is 0.252. The van der Waals surface area contributed by atoms with Gasteiger partial charge in [-0.1, -0.05) is 18.2 Å². The summed E-state index contributed by atoms with van der Waals surface area (Å²) in [6.45, 7) is 7.17. The molecule has 0 heterocycles. The maximum absolute atomic E-state index is 14.2. The van der Waals surface area contributed by atoms with Crippen molar-refractivity contribution in [2.24, 2.45) is 4.99 Å². The number of nitrogens with zero attached hydrogens (tertiary/aromatic N) is 2. The zero-order valence-electron chi connectivity index (χ0n) is 18.9. The molecule has 0 aliphatic heterocycles. The molecular weight excluding hydrogens is 510 g/mol. The van der Waals surface area contributed by atoms with Crippen molar-refractivity contribution >= 4 is 35.6 Å². The molecule has 2 aromatic carbocycles. The third-order valence-electron chi connectivity index (χ3n) is 4.34. The van der Waals surface area contributed by atoms with E-state index in [9.17, 15) is 9.50 Å². The first-order chi connectivity index (χ1) is 14.3. The number of anilines is 1. The Morgan fingerprint density at radius 3 is 2.52 bits per heavy atom. The van der Waals surface area contributed by atoms with E-state index in [2.05, 4.69) is 15.6 Å². The van der Waals surface area contributed by atoms with Gasteiger partial charge in [-0.3, -0.25) is 0 Å². The number of hydrogen-bond donors (Lipinski definition) is 3. The van der Waals surface area contributed by atoms with Crippen LogP contribution in [-0.2, 0) is 6.54 Å². The number of halogens is 2. The van der Waals surface area contributed by atoms with Gasteiger partial charge in [0.2, 0.25) is 0 Å². The van der Waals surface area contributed by atoms with Crippen molar-refractivity contribution in [1.29, 1.82) is 0 Å². The normalized spacial score (nSPS) is 12.2. The molecule has 0 bridgehead atoms. The van der Waals surface area contributed by atoms with Gasteiger partial charge in [0.15, 0.2) is 5.96 Å². The first-order valence-corrected chi connectivity index (χ1v) is 10.2. The molecule has 3 N–H and O–H groups in total. The summed E-state index contributed by atoms with van der Waals surface area (Å²) in [5.74, 6) is 1.01. The molecule has 0 saturated heterocycles. The van der Waals surface area contributed by atoms with Crippen LogP contribution in [0.15, 0.2) is 47.5 Å². The van der Waals surface area contributed by atoms with E-state index in [1.165, 1.54) is 6.07 Å². The summed E-state index contributed by atoms with van der Waals surface area (Å²) in [4.78, 5) is 6.23. The van der Waals surface area contributed by atoms with E-state index < -0.39 is 6.10 Å². The third-order valence-corrected chi connectivity index (χ3v) is 4.34. The van der Waals surface area contributed by atoms with Crippen LogP contribution in [0.25, 0.3) is 0 Å². The Balaban J connectivity index is 0.00000480. The number of ether oxygens (including phenoxy) is 1. The van der Waals surface area contributed by atoms with E-state index in [0.717, 1.165) is 16.9 Å². The molecule has 2 rings (SSSR count). The summed E-state index contributed by atoms with van der Waals surface area (Å²) in [6.07, 6.45) is -0.652. The molecule has 31 heavy (non-hydrogen) atoms. The van der Waals surface area contributed by atoms with Gasteiger partial charge in [-0.25, -0.2) is 9.38 Å². The predicted molar refractivity (Wildman–Crippen MR) is 136 cm³/mol. The molecule has 1 unspecified atom stereocenters. The minimum absolute atomic E-state index is 0. The number of guanidine groups is 1. The largest absolute Gasteiger partial charge is 0.491 e. The maximum Gasteiger partial charge on any atom is 0.191 e. The predicted octanol–water partition coefficient (Wildman–Crippen LogP) is 4.09. The molecule has 172 valence electrons. The van der Waals surface area contributed by atoms with E-state index in [-0.39, 0.29) is 42.4 Å². The van der Waals surface area contributed by atoms with Crippen molar-refractivity contribution in [3.8, 4) is 5.75 Å². The highest BCUT2D eigenvalue weighted by molar-refractivity contribution is 14.0. The molecule has 1 atom stereocenters. The Labute approximate surface area is 201 Å². The fraction of sp³-hybridized carbons (Fsp3) is 0.435. The van der Waals surface area contributed by atoms with Crippen molar-refractivity contribution in [3.05, 3.63) is 59.4 Å². The number of rotatable bonds is 9. The zero-order chi connectivity index (χ0) is 22.1. The van der Waals surface area contributed by atoms with Crippen LogP contribution in [0.1, 0.15) is 38.0 Å². The molecule has 0 saturated carbocycles. The van der Waals surface area contributed by atoms with Gasteiger partial charge in [-0.15, -0.1) is 24.0 Å². The second-order valence-electron chi connectivity index (χ2n) is 7.51. The van der Waals surface area contributed by atoms with Crippen molar-refractivity contribution in [2.45, 2.75) is 39.5 Å². The summed E-state index contributed by atoms with van der Waals surface area (Å²) in [5.41, 5.74) is 2.08. The van der Waals surface area contributed by atoms with Crippen molar-refractivity contribution in [1.82, 2.24) is 10.6 Å². The van der Waals surface area contributed by atoms with Crippen LogP contribution in [0.5, 0.6) is 5.75 Å². The van der Waals surface area contributed by atoms with Crippen molar-refractivity contribution in [3.63, 3.8) is 0 Å². The SMILES string of the molecule is CCNC(=NCc1ccc(N(C)C)c(F)c1)NCC(O)c1cccc(OC(C)C)c1.I. The molecule has 0 radical (unpaired) electrons. The minimum Gasteiger partial charge on any atom is -0.491 e. The molecule has 0 spiro atoms. The van der Waals surface area contributed by atoms with E-state index in [4.69, 9.17) is 4.74 Å². The monoisotopic (exact) mass is 544 g/mol. The van der Waals surface area contributed by atoms with Gasteiger partial charge in [0.1, 0.15) is 11.6 Å². The molecule has 2 aromatic rings. The average molecular weight is 544 g/mol. The summed E-state index contributed by atoms with van der Waals surface area (Å²) in [5, 5.41) is 16.8. The van der Waals surface area contributed by atoms with Crippen LogP contribution in [-0.4, -0.2) is 44.4 Å². The van der Waals surface area contributed by atoms with Gasteiger partial charge in [-0.05, 0) is 56.2 Å². The van der Waals surface area contributed by atoms with Crippen LogP contribution in [0.4, 0.5) is 10.1 Å². The number of hydrogen-bond acceptors (Lipinski definition) is 4. The van der Waals surface area contributed by atoms with Gasteiger partial charge < -0.3 is 25.4 Å². The molecule has 0 amide bonds. The van der Waals surface area contributed by atoms with Crippen LogP contribution < -0.4 is 20.3 Å². The molecule has 8 heteroatoms. The van der Waals surface area contributed by atoms with E-state index in [1.807, 2.05) is 51.1 Å². The maximum atomic E-state index is 14.2. The minimum atomic E-state index is -0.721. The van der Waals surface area contributed by atoms with Crippen molar-refractivity contribution < 1.29 is 14.2 Å². The molecule has 0 aromatic heterocycles. The Morgan fingerprint density at radius 2 is 1.90 bits per heavy atom. The van der Waals surface area contributed by atoms with Gasteiger partial charge >= 0.3 is 0 Å². The van der Waals surface area contributed by atoms with E-state index in [0.29, 0.717) is 24.7 Å². The lowest BCUT2D eigenvalue weighted by Crippen LogP contribution is -2.39. The fourth-order valence-corrected chi connectivity index (χ4v) is 2.90. The highest BCUT2D eigenvalue weighted by atomic mass is 127. The van der Waals surface area contributed by atoms with Gasteiger partial charge in [0, 0.05) is 27.2 Å². The molecule has 0 fully saturated rings. The number of benzene rings is 2. The second-order valence-corrected chi connectivity index (χ2v) is 7.51. The first kappa shape index (κ1) is 27.0. The van der Waals surface area contributed by atoms with E-state index in [1.54, 1.807) is 25.1 Å². The van der Waals surface area contributed by atoms with Gasteiger partial charge in [-0.2, -0.15) is 0 Å². The third kappa shape index (κ3) is 8.90. The fourth-order valence-electron chi connectivity index (χ4n) is 2.90.